The van der Waals surface area contributed by atoms with E-state index in [0.717, 1.165) is 0 Å². The lowest BCUT2D eigenvalue weighted by Crippen LogP contribution is -2.22. The van der Waals surface area contributed by atoms with Gasteiger partial charge in [0.05, 0.1) is 17.8 Å². The zero-order chi connectivity index (χ0) is 14.5. The minimum atomic E-state index is -3.52. The fourth-order valence-electron chi connectivity index (χ4n) is 1.61. The normalized spacial score (nSPS) is 12.5. The molecule has 4 nitrogen and oxygen atoms in total. The predicted molar refractivity (Wildman–Crippen MR) is 72.7 cm³/mol. The summed E-state index contributed by atoms with van der Waals surface area (Å²) in [6.07, 6.45) is 5.28. The molecule has 5 heteroatoms. The molecule has 0 aliphatic heterocycles. The van der Waals surface area contributed by atoms with Gasteiger partial charge in [-0.1, -0.05) is 0 Å². The third-order valence-electron chi connectivity index (χ3n) is 2.78. The predicted octanol–water partition coefficient (Wildman–Crippen LogP) is 1.70. The number of benzene rings is 1. The highest BCUT2D eigenvalue weighted by molar-refractivity contribution is 7.91. The standard InChI is InChI=1S/C14H16O4S/c1-4-5-12(11(2)15)10-19(16,17)14-8-6-13(18-3)7-9-14/h1,6-9,12H,5,10H2,2-3H3/t12-/m0/s1. The van der Waals surface area contributed by atoms with Crippen molar-refractivity contribution in [2.75, 3.05) is 12.9 Å². The molecule has 0 radical (unpaired) electrons. The zero-order valence-corrected chi connectivity index (χ0v) is 11.7. The van der Waals surface area contributed by atoms with E-state index >= 15 is 0 Å². The van der Waals surface area contributed by atoms with Crippen LogP contribution in [0.5, 0.6) is 5.75 Å². The highest BCUT2D eigenvalue weighted by Crippen LogP contribution is 2.19. The Bertz CT molecular complexity index is 579. The molecule has 0 saturated carbocycles. The van der Waals surface area contributed by atoms with E-state index in [-0.39, 0.29) is 22.9 Å². The van der Waals surface area contributed by atoms with Crippen molar-refractivity contribution in [1.29, 1.82) is 0 Å². The van der Waals surface area contributed by atoms with Crippen LogP contribution in [-0.4, -0.2) is 27.1 Å². The second-order valence-corrected chi connectivity index (χ2v) is 6.21. The van der Waals surface area contributed by atoms with Crippen LogP contribution in [-0.2, 0) is 14.6 Å². The smallest absolute Gasteiger partial charge is 0.179 e. The van der Waals surface area contributed by atoms with Crippen molar-refractivity contribution < 1.29 is 17.9 Å². The molecule has 1 rings (SSSR count). The molecular weight excluding hydrogens is 264 g/mol. The molecule has 0 spiro atoms. The maximum atomic E-state index is 12.2. The molecule has 1 aromatic carbocycles. The number of ether oxygens (including phenoxy) is 1. The van der Waals surface area contributed by atoms with Crippen molar-refractivity contribution >= 4 is 15.6 Å². The Kier molecular flexibility index (Phi) is 5.13. The van der Waals surface area contributed by atoms with Crippen molar-refractivity contribution in [2.45, 2.75) is 18.2 Å². The highest BCUT2D eigenvalue weighted by atomic mass is 32.2. The minimum Gasteiger partial charge on any atom is -0.497 e. The number of Topliss-reactive ketones (excluding diaryl/α,β-unsaturated/α-hetero) is 1. The quantitative estimate of drug-likeness (QED) is 0.744. The van der Waals surface area contributed by atoms with E-state index in [0.29, 0.717) is 5.75 Å². The van der Waals surface area contributed by atoms with E-state index in [1.54, 1.807) is 12.1 Å². The Morgan fingerprint density at radius 3 is 2.37 bits per heavy atom. The van der Waals surface area contributed by atoms with Crippen molar-refractivity contribution in [2.24, 2.45) is 5.92 Å². The number of hydrogen-bond acceptors (Lipinski definition) is 4. The molecule has 0 unspecified atom stereocenters. The molecule has 0 heterocycles. The number of terminal acetylenes is 1. The average Bonchev–Trinajstić information content (AvgIpc) is 2.38. The van der Waals surface area contributed by atoms with Gasteiger partial charge in [0.25, 0.3) is 0 Å². The minimum absolute atomic E-state index is 0.130. The first-order chi connectivity index (χ1) is 8.90. The van der Waals surface area contributed by atoms with Crippen LogP contribution < -0.4 is 4.74 Å². The SMILES string of the molecule is C#CC[C@@H](CS(=O)(=O)c1ccc(OC)cc1)C(C)=O. The van der Waals surface area contributed by atoms with Gasteiger partial charge in [-0.05, 0) is 31.2 Å². The van der Waals surface area contributed by atoms with E-state index in [1.807, 2.05) is 0 Å². The Hall–Kier alpha value is -1.80. The maximum Gasteiger partial charge on any atom is 0.179 e. The average molecular weight is 280 g/mol. The third-order valence-corrected chi connectivity index (χ3v) is 4.61. The van der Waals surface area contributed by atoms with Crippen molar-refractivity contribution in [3.63, 3.8) is 0 Å². The largest absolute Gasteiger partial charge is 0.497 e. The van der Waals surface area contributed by atoms with Crippen LogP contribution in [0.1, 0.15) is 13.3 Å². The van der Waals surface area contributed by atoms with Crippen LogP contribution in [0.3, 0.4) is 0 Å². The number of hydrogen-bond donors (Lipinski definition) is 0. The summed E-state index contributed by atoms with van der Waals surface area (Å²) in [5.41, 5.74) is 0. The lowest BCUT2D eigenvalue weighted by molar-refractivity contribution is -0.119. The van der Waals surface area contributed by atoms with Gasteiger partial charge in [-0.15, -0.1) is 12.3 Å². The monoisotopic (exact) mass is 280 g/mol. The molecule has 0 N–H and O–H groups in total. The van der Waals surface area contributed by atoms with E-state index in [2.05, 4.69) is 5.92 Å². The maximum absolute atomic E-state index is 12.2. The van der Waals surface area contributed by atoms with Gasteiger partial charge >= 0.3 is 0 Å². The van der Waals surface area contributed by atoms with Gasteiger partial charge in [-0.3, -0.25) is 4.79 Å². The van der Waals surface area contributed by atoms with Crippen LogP contribution in [0.4, 0.5) is 0 Å². The van der Waals surface area contributed by atoms with Crippen LogP contribution in [0.2, 0.25) is 0 Å². The number of carbonyl (C=O) groups excluding carboxylic acids is 1. The lowest BCUT2D eigenvalue weighted by Gasteiger charge is -2.11. The van der Waals surface area contributed by atoms with E-state index in [1.165, 1.54) is 26.2 Å². The lowest BCUT2D eigenvalue weighted by atomic mass is 10.0. The number of rotatable bonds is 6. The first-order valence-corrected chi connectivity index (χ1v) is 7.36. The fraction of sp³-hybridized carbons (Fsp3) is 0.357. The molecule has 0 bridgehead atoms. The first-order valence-electron chi connectivity index (χ1n) is 5.71. The third kappa shape index (κ3) is 4.11. The van der Waals surface area contributed by atoms with Crippen LogP contribution >= 0.6 is 0 Å². The molecular formula is C14H16O4S. The summed E-state index contributed by atoms with van der Waals surface area (Å²) in [6, 6.07) is 6.05. The molecule has 19 heavy (non-hydrogen) atoms. The van der Waals surface area contributed by atoms with Crippen LogP contribution in [0.25, 0.3) is 0 Å². The van der Waals surface area contributed by atoms with Crippen molar-refractivity contribution in [3.05, 3.63) is 24.3 Å². The zero-order valence-electron chi connectivity index (χ0n) is 10.9. The van der Waals surface area contributed by atoms with E-state index in [9.17, 15) is 13.2 Å². The van der Waals surface area contributed by atoms with Gasteiger partial charge < -0.3 is 4.74 Å². The molecule has 0 aliphatic rings. The molecule has 1 aromatic rings. The number of ketones is 1. The molecule has 0 aliphatic carbocycles. The number of carbonyl (C=O) groups is 1. The molecule has 0 fully saturated rings. The summed E-state index contributed by atoms with van der Waals surface area (Å²) in [5.74, 6) is 1.78. The molecule has 1 atom stereocenters. The van der Waals surface area contributed by atoms with E-state index in [4.69, 9.17) is 11.2 Å². The van der Waals surface area contributed by atoms with Gasteiger partial charge in [-0.2, -0.15) is 0 Å². The van der Waals surface area contributed by atoms with E-state index < -0.39 is 15.8 Å². The highest BCUT2D eigenvalue weighted by Gasteiger charge is 2.23. The Morgan fingerprint density at radius 2 is 1.95 bits per heavy atom. The van der Waals surface area contributed by atoms with Crippen molar-refractivity contribution in [1.82, 2.24) is 0 Å². The second kappa shape index (κ2) is 6.39. The Labute approximate surface area is 113 Å². The van der Waals surface area contributed by atoms with Gasteiger partial charge in [0.2, 0.25) is 0 Å². The fourth-order valence-corrected chi connectivity index (χ4v) is 3.23. The molecule has 0 amide bonds. The van der Waals surface area contributed by atoms with Crippen LogP contribution in [0.15, 0.2) is 29.2 Å². The summed E-state index contributed by atoms with van der Waals surface area (Å²) in [7, 11) is -2.02. The summed E-state index contributed by atoms with van der Waals surface area (Å²) in [5, 5.41) is 0. The Morgan fingerprint density at radius 1 is 1.37 bits per heavy atom. The molecule has 0 aromatic heterocycles. The number of sulfone groups is 1. The van der Waals surface area contributed by atoms with Crippen LogP contribution in [0, 0.1) is 18.3 Å². The number of methoxy groups -OCH3 is 1. The summed E-state index contributed by atoms with van der Waals surface area (Å²) in [6.45, 7) is 1.35. The van der Waals surface area contributed by atoms with Gasteiger partial charge in [0.1, 0.15) is 11.5 Å². The molecule has 102 valence electrons. The Balaban J connectivity index is 2.96. The summed E-state index contributed by atoms with van der Waals surface area (Å²) >= 11 is 0. The van der Waals surface area contributed by atoms with Gasteiger partial charge in [0.15, 0.2) is 9.84 Å². The van der Waals surface area contributed by atoms with Crippen molar-refractivity contribution in [3.8, 4) is 18.1 Å². The second-order valence-electron chi connectivity index (χ2n) is 4.17. The van der Waals surface area contributed by atoms with Gasteiger partial charge in [-0.25, -0.2) is 8.42 Å². The molecule has 0 saturated heterocycles. The summed E-state index contributed by atoms with van der Waals surface area (Å²) in [4.78, 5) is 11.5. The summed E-state index contributed by atoms with van der Waals surface area (Å²) < 4.78 is 29.3. The first kappa shape index (κ1) is 15.3. The van der Waals surface area contributed by atoms with Gasteiger partial charge in [0, 0.05) is 12.3 Å². The topological polar surface area (TPSA) is 60.4 Å².